The number of benzene rings is 2. The quantitative estimate of drug-likeness (QED) is 0.464. The van der Waals surface area contributed by atoms with Crippen molar-refractivity contribution in [2.24, 2.45) is 0 Å². The summed E-state index contributed by atoms with van der Waals surface area (Å²) in [7, 11) is 1.59. The lowest BCUT2D eigenvalue weighted by Gasteiger charge is -2.09. The van der Waals surface area contributed by atoms with Gasteiger partial charge in [-0.05, 0) is 43.3 Å². The number of rotatable bonds is 6. The van der Waals surface area contributed by atoms with Crippen molar-refractivity contribution in [3.63, 3.8) is 0 Å². The van der Waals surface area contributed by atoms with Gasteiger partial charge in [-0.25, -0.2) is 9.97 Å². The molecule has 4 rings (SSSR count). The molecule has 4 aromatic rings. The van der Waals surface area contributed by atoms with E-state index in [0.717, 1.165) is 11.3 Å². The Labute approximate surface area is 176 Å². The van der Waals surface area contributed by atoms with Crippen molar-refractivity contribution in [3.8, 4) is 11.4 Å². The third kappa shape index (κ3) is 4.06. The molecule has 0 unspecified atom stereocenters. The van der Waals surface area contributed by atoms with Gasteiger partial charge in [0.15, 0.2) is 16.3 Å². The number of hydrogen-bond donors (Lipinski definition) is 2. The van der Waals surface area contributed by atoms with Crippen LogP contribution in [0.5, 0.6) is 5.75 Å². The highest BCUT2D eigenvalue weighted by molar-refractivity contribution is 7.99. The zero-order valence-electron chi connectivity index (χ0n) is 16.4. The minimum absolute atomic E-state index is 0.124. The first-order valence-electron chi connectivity index (χ1n) is 9.15. The van der Waals surface area contributed by atoms with Gasteiger partial charge in [0, 0.05) is 11.4 Å². The van der Waals surface area contributed by atoms with E-state index in [9.17, 15) is 9.59 Å². The molecule has 0 fully saturated rings. The number of imidazole rings is 1. The van der Waals surface area contributed by atoms with Crippen LogP contribution in [0.3, 0.4) is 0 Å². The molecule has 0 saturated heterocycles. The molecule has 0 aliphatic carbocycles. The third-order valence-corrected chi connectivity index (χ3v) is 5.36. The Bertz CT molecular complexity index is 1250. The number of nitrogens with one attached hydrogen (secondary N) is 2. The number of aromatic amines is 1. The fraction of sp³-hybridized carbons (Fsp3) is 0.143. The minimum Gasteiger partial charge on any atom is -0.497 e. The van der Waals surface area contributed by atoms with Crippen LogP contribution in [0.25, 0.3) is 16.9 Å². The van der Waals surface area contributed by atoms with Gasteiger partial charge in [-0.15, -0.1) is 0 Å². The predicted molar refractivity (Wildman–Crippen MR) is 117 cm³/mol. The average molecular weight is 421 g/mol. The Hall–Kier alpha value is -3.59. The summed E-state index contributed by atoms with van der Waals surface area (Å²) in [6.45, 7) is 2.00. The molecule has 0 aliphatic heterocycles. The largest absolute Gasteiger partial charge is 0.497 e. The maximum Gasteiger partial charge on any atom is 0.278 e. The third-order valence-electron chi connectivity index (χ3n) is 4.42. The summed E-state index contributed by atoms with van der Waals surface area (Å²) in [5, 5.41) is 3.36. The Kier molecular flexibility index (Phi) is 5.53. The second-order valence-electron chi connectivity index (χ2n) is 6.53. The fourth-order valence-corrected chi connectivity index (χ4v) is 3.72. The normalized spacial score (nSPS) is 10.9. The number of anilines is 1. The molecule has 1 amide bonds. The zero-order valence-corrected chi connectivity index (χ0v) is 17.2. The number of aryl methyl sites for hydroxylation is 1. The first-order chi connectivity index (χ1) is 14.5. The number of carbonyl (C=O) groups excluding carboxylic acids is 1. The molecule has 2 aromatic carbocycles. The van der Waals surface area contributed by atoms with E-state index >= 15 is 0 Å². The summed E-state index contributed by atoms with van der Waals surface area (Å²) < 4.78 is 6.91. The van der Waals surface area contributed by atoms with E-state index in [2.05, 4.69) is 20.3 Å². The van der Waals surface area contributed by atoms with E-state index in [1.165, 1.54) is 18.1 Å². The Balaban J connectivity index is 1.59. The fourth-order valence-electron chi connectivity index (χ4n) is 2.91. The molecule has 0 saturated carbocycles. The lowest BCUT2D eigenvalue weighted by Crippen LogP contribution is -2.14. The lowest BCUT2D eigenvalue weighted by molar-refractivity contribution is -0.113. The van der Waals surface area contributed by atoms with E-state index in [1.54, 1.807) is 35.9 Å². The molecule has 0 atom stereocenters. The van der Waals surface area contributed by atoms with E-state index in [4.69, 9.17) is 4.74 Å². The molecule has 2 aromatic heterocycles. The Morgan fingerprint density at radius 2 is 1.90 bits per heavy atom. The van der Waals surface area contributed by atoms with Gasteiger partial charge in [-0.2, -0.15) is 0 Å². The number of hydrogen-bond acceptors (Lipinski definition) is 6. The molecule has 0 aliphatic rings. The van der Waals surface area contributed by atoms with E-state index < -0.39 is 0 Å². The van der Waals surface area contributed by atoms with Crippen molar-refractivity contribution in [2.75, 3.05) is 18.2 Å². The van der Waals surface area contributed by atoms with Crippen molar-refractivity contribution in [2.45, 2.75) is 12.1 Å². The monoisotopic (exact) mass is 421 g/mol. The summed E-state index contributed by atoms with van der Waals surface area (Å²) in [6, 6.07) is 14.9. The topological polar surface area (TPSA) is 102 Å². The molecule has 8 nitrogen and oxygen atoms in total. The summed E-state index contributed by atoms with van der Waals surface area (Å²) in [5.74, 6) is 0.653. The second-order valence-corrected chi connectivity index (χ2v) is 7.48. The average Bonchev–Trinajstić information content (AvgIpc) is 3.13. The molecule has 2 heterocycles. The molecule has 2 N–H and O–H groups in total. The number of ether oxygens (including phenoxy) is 1. The molecule has 0 spiro atoms. The van der Waals surface area contributed by atoms with Crippen LogP contribution in [0.1, 0.15) is 5.56 Å². The lowest BCUT2D eigenvalue weighted by atomic mass is 10.2. The zero-order chi connectivity index (χ0) is 21.1. The van der Waals surface area contributed by atoms with Gasteiger partial charge in [0.05, 0.1) is 19.2 Å². The van der Waals surface area contributed by atoms with Crippen molar-refractivity contribution in [3.05, 3.63) is 70.8 Å². The number of H-pyrrole nitrogens is 1. The van der Waals surface area contributed by atoms with Gasteiger partial charge in [-0.3, -0.25) is 14.2 Å². The Morgan fingerprint density at radius 3 is 2.60 bits per heavy atom. The van der Waals surface area contributed by atoms with Gasteiger partial charge in [-0.1, -0.05) is 29.5 Å². The van der Waals surface area contributed by atoms with Crippen LogP contribution < -0.4 is 15.6 Å². The SMILES string of the molecule is COc1ccc(NC(=O)CSc2nc3c(=O)[nH]cnc3n2-c2ccc(C)cc2)cc1. The van der Waals surface area contributed by atoms with Crippen molar-refractivity contribution >= 4 is 34.5 Å². The number of fused-ring (bicyclic) bond motifs is 1. The van der Waals surface area contributed by atoms with Gasteiger partial charge < -0.3 is 15.0 Å². The van der Waals surface area contributed by atoms with Crippen LogP contribution in [-0.2, 0) is 4.79 Å². The second kappa shape index (κ2) is 8.42. The number of aromatic nitrogens is 4. The highest BCUT2D eigenvalue weighted by Crippen LogP contribution is 2.26. The van der Waals surface area contributed by atoms with Gasteiger partial charge in [0.2, 0.25) is 5.91 Å². The standard InChI is InChI=1S/C21H19N5O3S/c1-13-3-7-15(8-4-13)26-19-18(20(28)23-12-22-19)25-21(26)30-11-17(27)24-14-5-9-16(29-2)10-6-14/h3-10,12H,11H2,1-2H3,(H,24,27)(H,22,23,28). The predicted octanol–water partition coefficient (Wildman–Crippen LogP) is 3.16. The molecule has 0 bridgehead atoms. The van der Waals surface area contributed by atoms with Crippen LogP contribution in [0.4, 0.5) is 5.69 Å². The van der Waals surface area contributed by atoms with Crippen LogP contribution >= 0.6 is 11.8 Å². The number of thioether (sulfide) groups is 1. The molecule has 9 heteroatoms. The highest BCUT2D eigenvalue weighted by Gasteiger charge is 2.17. The molecule has 30 heavy (non-hydrogen) atoms. The maximum atomic E-state index is 12.4. The van der Waals surface area contributed by atoms with E-state index in [-0.39, 0.29) is 22.7 Å². The smallest absolute Gasteiger partial charge is 0.278 e. The molecule has 152 valence electrons. The highest BCUT2D eigenvalue weighted by atomic mass is 32.2. The number of carbonyl (C=O) groups is 1. The number of methoxy groups -OCH3 is 1. The minimum atomic E-state index is -0.324. The summed E-state index contributed by atoms with van der Waals surface area (Å²) in [5.41, 5.74) is 2.96. The van der Waals surface area contributed by atoms with Crippen LogP contribution in [-0.4, -0.2) is 38.3 Å². The van der Waals surface area contributed by atoms with Crippen molar-refractivity contribution < 1.29 is 9.53 Å². The van der Waals surface area contributed by atoms with Crippen molar-refractivity contribution in [1.29, 1.82) is 0 Å². The Morgan fingerprint density at radius 1 is 1.17 bits per heavy atom. The number of nitrogens with zero attached hydrogens (tertiary/aromatic N) is 3. The van der Waals surface area contributed by atoms with Crippen LogP contribution in [0, 0.1) is 6.92 Å². The van der Waals surface area contributed by atoms with Gasteiger partial charge >= 0.3 is 0 Å². The first kappa shape index (κ1) is 19.7. The van der Waals surface area contributed by atoms with E-state index in [0.29, 0.717) is 22.2 Å². The summed E-state index contributed by atoms with van der Waals surface area (Å²) in [4.78, 5) is 35.9. The summed E-state index contributed by atoms with van der Waals surface area (Å²) >= 11 is 1.24. The molecular formula is C21H19N5O3S. The molecule has 0 radical (unpaired) electrons. The van der Waals surface area contributed by atoms with E-state index in [1.807, 2.05) is 31.2 Å². The van der Waals surface area contributed by atoms with Crippen LogP contribution in [0.2, 0.25) is 0 Å². The summed E-state index contributed by atoms with van der Waals surface area (Å²) in [6.07, 6.45) is 1.35. The van der Waals surface area contributed by atoms with Crippen LogP contribution in [0.15, 0.2) is 64.8 Å². The first-order valence-corrected chi connectivity index (χ1v) is 10.1. The molecular weight excluding hydrogens is 402 g/mol. The van der Waals surface area contributed by atoms with Gasteiger partial charge in [0.1, 0.15) is 5.75 Å². The number of amides is 1. The van der Waals surface area contributed by atoms with Gasteiger partial charge in [0.25, 0.3) is 5.56 Å². The van der Waals surface area contributed by atoms with Crippen molar-refractivity contribution in [1.82, 2.24) is 19.5 Å². The maximum absolute atomic E-state index is 12.4.